The maximum Gasteiger partial charge on any atom is 0.161 e. The van der Waals surface area contributed by atoms with E-state index in [9.17, 15) is 18.3 Å². The molecular formula is C11H6F3IOS. The average Bonchev–Trinajstić information content (AvgIpc) is 2.69. The summed E-state index contributed by atoms with van der Waals surface area (Å²) in [5, 5.41) is 11.5. The molecule has 1 aromatic heterocycles. The largest absolute Gasteiger partial charge is 0.384 e. The summed E-state index contributed by atoms with van der Waals surface area (Å²) in [6, 6.07) is 2.78. The van der Waals surface area contributed by atoms with Gasteiger partial charge in [0.15, 0.2) is 11.6 Å². The summed E-state index contributed by atoms with van der Waals surface area (Å²) in [6.45, 7) is 0. The normalized spacial score (nSPS) is 12.8. The van der Waals surface area contributed by atoms with Crippen LogP contribution in [0.1, 0.15) is 17.2 Å². The van der Waals surface area contributed by atoms with Crippen molar-refractivity contribution in [2.75, 3.05) is 0 Å². The van der Waals surface area contributed by atoms with Gasteiger partial charge in [0.2, 0.25) is 0 Å². The molecule has 2 rings (SSSR count). The Morgan fingerprint density at radius 1 is 1.06 bits per heavy atom. The highest BCUT2D eigenvalue weighted by molar-refractivity contribution is 14.1. The number of thiophene rings is 1. The molecule has 6 heteroatoms. The number of aliphatic hydroxyl groups excluding tert-OH is 1. The van der Waals surface area contributed by atoms with Crippen molar-refractivity contribution in [1.82, 2.24) is 0 Å². The van der Waals surface area contributed by atoms with Gasteiger partial charge in [-0.15, -0.1) is 11.3 Å². The molecule has 1 atom stereocenters. The molecule has 90 valence electrons. The van der Waals surface area contributed by atoms with Gasteiger partial charge in [0.25, 0.3) is 0 Å². The summed E-state index contributed by atoms with van der Waals surface area (Å²) < 4.78 is 40.0. The minimum absolute atomic E-state index is 0.266. The molecule has 0 fully saturated rings. The van der Waals surface area contributed by atoms with Gasteiger partial charge in [-0.1, -0.05) is 0 Å². The Labute approximate surface area is 113 Å². The summed E-state index contributed by atoms with van der Waals surface area (Å²) in [6.07, 6.45) is -1.29. The summed E-state index contributed by atoms with van der Waals surface area (Å²) >= 11 is 3.43. The molecule has 17 heavy (non-hydrogen) atoms. The van der Waals surface area contributed by atoms with Crippen molar-refractivity contribution in [1.29, 1.82) is 0 Å². The molecule has 1 aromatic carbocycles. The van der Waals surface area contributed by atoms with Gasteiger partial charge in [0, 0.05) is 11.6 Å². The molecule has 0 aliphatic heterocycles. The summed E-state index contributed by atoms with van der Waals surface area (Å²) in [4.78, 5) is 0. The molecule has 0 spiro atoms. The maximum atomic E-state index is 13.4. The van der Waals surface area contributed by atoms with Crippen molar-refractivity contribution in [3.8, 4) is 0 Å². The zero-order chi connectivity index (χ0) is 12.6. The highest BCUT2D eigenvalue weighted by Crippen LogP contribution is 2.29. The Balaban J connectivity index is 2.43. The number of benzene rings is 1. The number of rotatable bonds is 2. The number of hydrogen-bond acceptors (Lipinski definition) is 2. The van der Waals surface area contributed by atoms with Crippen LogP contribution in [0.4, 0.5) is 13.2 Å². The van der Waals surface area contributed by atoms with Crippen LogP contribution in [-0.2, 0) is 0 Å². The van der Waals surface area contributed by atoms with Gasteiger partial charge in [-0.2, -0.15) is 0 Å². The third-order valence-corrected chi connectivity index (χ3v) is 4.04. The van der Waals surface area contributed by atoms with Crippen LogP contribution in [-0.4, -0.2) is 5.11 Å². The Hall–Kier alpha value is -0.600. The van der Waals surface area contributed by atoms with Crippen LogP contribution in [0.25, 0.3) is 0 Å². The van der Waals surface area contributed by atoms with Gasteiger partial charge in [0.1, 0.15) is 11.9 Å². The van der Waals surface area contributed by atoms with Crippen molar-refractivity contribution < 1.29 is 18.3 Å². The molecule has 1 unspecified atom stereocenters. The van der Waals surface area contributed by atoms with Crippen LogP contribution < -0.4 is 0 Å². The Morgan fingerprint density at radius 2 is 1.71 bits per heavy atom. The van der Waals surface area contributed by atoms with Gasteiger partial charge in [0.05, 0.1) is 2.88 Å². The van der Waals surface area contributed by atoms with E-state index in [1.54, 1.807) is 11.4 Å². The number of halogens is 4. The lowest BCUT2D eigenvalue weighted by molar-refractivity contribution is 0.214. The van der Waals surface area contributed by atoms with Crippen LogP contribution >= 0.6 is 33.9 Å². The molecular weight excluding hydrogens is 364 g/mol. The lowest BCUT2D eigenvalue weighted by Crippen LogP contribution is -2.03. The van der Waals surface area contributed by atoms with Crippen LogP contribution in [0.5, 0.6) is 0 Å². The monoisotopic (exact) mass is 370 g/mol. The van der Waals surface area contributed by atoms with Gasteiger partial charge in [-0.3, -0.25) is 0 Å². The predicted octanol–water partition coefficient (Wildman–Crippen LogP) is 3.85. The minimum atomic E-state index is -1.29. The third-order valence-electron chi connectivity index (χ3n) is 2.24. The van der Waals surface area contributed by atoms with E-state index in [1.807, 2.05) is 0 Å². The lowest BCUT2D eigenvalue weighted by Gasteiger charge is -2.10. The van der Waals surface area contributed by atoms with Crippen LogP contribution in [0.2, 0.25) is 0 Å². The van der Waals surface area contributed by atoms with Crippen LogP contribution in [0.3, 0.4) is 0 Å². The molecule has 2 aromatic rings. The Bertz CT molecular complexity index is 556. The molecule has 0 saturated heterocycles. The fraction of sp³-hybridized carbons (Fsp3) is 0.0909. The zero-order valence-corrected chi connectivity index (χ0v) is 11.2. The first-order chi connectivity index (χ1) is 7.99. The van der Waals surface area contributed by atoms with E-state index >= 15 is 0 Å². The highest BCUT2D eigenvalue weighted by atomic mass is 127. The van der Waals surface area contributed by atoms with Crippen molar-refractivity contribution in [3.63, 3.8) is 0 Å². The topological polar surface area (TPSA) is 20.2 Å². The number of aliphatic hydroxyl groups is 1. The van der Waals surface area contributed by atoms with Gasteiger partial charge >= 0.3 is 0 Å². The van der Waals surface area contributed by atoms with Crippen molar-refractivity contribution >= 4 is 33.9 Å². The van der Waals surface area contributed by atoms with E-state index < -0.39 is 23.6 Å². The molecule has 0 bridgehead atoms. The molecule has 0 amide bonds. The van der Waals surface area contributed by atoms with Gasteiger partial charge < -0.3 is 5.11 Å². The average molecular weight is 370 g/mol. The van der Waals surface area contributed by atoms with E-state index in [4.69, 9.17) is 0 Å². The lowest BCUT2D eigenvalue weighted by atomic mass is 10.0. The first kappa shape index (κ1) is 12.8. The SMILES string of the molecule is OC(c1csc(I)c1)c1cc(F)c(F)cc1F. The van der Waals surface area contributed by atoms with Crippen LogP contribution in [0.15, 0.2) is 23.6 Å². The first-order valence-corrected chi connectivity index (χ1v) is 6.51. The molecule has 0 saturated carbocycles. The fourth-order valence-corrected chi connectivity index (χ4v) is 2.78. The van der Waals surface area contributed by atoms with E-state index in [0.29, 0.717) is 17.7 Å². The van der Waals surface area contributed by atoms with Crippen molar-refractivity contribution in [2.24, 2.45) is 0 Å². The van der Waals surface area contributed by atoms with Crippen molar-refractivity contribution in [2.45, 2.75) is 6.10 Å². The minimum Gasteiger partial charge on any atom is -0.384 e. The highest BCUT2D eigenvalue weighted by Gasteiger charge is 2.19. The van der Waals surface area contributed by atoms with E-state index in [1.165, 1.54) is 11.3 Å². The molecule has 0 aliphatic rings. The number of hydrogen-bond donors (Lipinski definition) is 1. The Morgan fingerprint density at radius 3 is 2.29 bits per heavy atom. The second kappa shape index (κ2) is 4.95. The molecule has 1 nitrogen and oxygen atoms in total. The summed E-state index contributed by atoms with van der Waals surface area (Å²) in [5.74, 6) is -3.40. The maximum absolute atomic E-state index is 13.4. The van der Waals surface area contributed by atoms with Crippen LogP contribution in [0, 0.1) is 20.3 Å². The predicted molar refractivity (Wildman–Crippen MR) is 67.4 cm³/mol. The van der Waals surface area contributed by atoms with Gasteiger partial charge in [-0.25, -0.2) is 13.2 Å². The molecule has 1 N–H and O–H groups in total. The second-order valence-corrected chi connectivity index (χ2v) is 6.18. The molecule has 0 aliphatic carbocycles. The zero-order valence-electron chi connectivity index (χ0n) is 8.25. The smallest absolute Gasteiger partial charge is 0.161 e. The van der Waals surface area contributed by atoms with Crippen molar-refractivity contribution in [3.05, 3.63) is 55.0 Å². The Kier molecular flexibility index (Phi) is 3.74. The summed E-state index contributed by atoms with van der Waals surface area (Å²) in [7, 11) is 0. The second-order valence-electron chi connectivity index (χ2n) is 3.37. The quantitative estimate of drug-likeness (QED) is 0.629. The fourth-order valence-electron chi connectivity index (χ4n) is 1.39. The van der Waals surface area contributed by atoms with E-state index in [-0.39, 0.29) is 5.56 Å². The molecule has 0 radical (unpaired) electrons. The summed E-state index contributed by atoms with van der Waals surface area (Å²) in [5.41, 5.74) is 0.197. The standard InChI is InChI=1S/C11H6F3IOS/c12-7-3-9(14)8(13)2-6(7)11(16)5-1-10(15)17-4-5/h1-4,11,16H. The van der Waals surface area contributed by atoms with E-state index in [2.05, 4.69) is 22.6 Å². The third kappa shape index (κ3) is 2.63. The van der Waals surface area contributed by atoms with Gasteiger partial charge in [-0.05, 0) is 45.7 Å². The first-order valence-electron chi connectivity index (χ1n) is 4.55. The molecule has 1 heterocycles. The van der Waals surface area contributed by atoms with E-state index in [0.717, 1.165) is 2.88 Å².